The average Bonchev–Trinajstić information content (AvgIpc) is 2.34. The SMILES string of the molecule is CC(C)C(CO)NC(=O)CCc1ccccc1O. The minimum Gasteiger partial charge on any atom is -0.508 e. The Labute approximate surface area is 108 Å². The highest BCUT2D eigenvalue weighted by Gasteiger charge is 2.15. The number of rotatable bonds is 6. The van der Waals surface area contributed by atoms with Gasteiger partial charge in [-0.3, -0.25) is 4.79 Å². The van der Waals surface area contributed by atoms with E-state index in [1.807, 2.05) is 19.9 Å². The fourth-order valence-corrected chi connectivity index (χ4v) is 1.67. The van der Waals surface area contributed by atoms with Crippen molar-refractivity contribution in [3.63, 3.8) is 0 Å². The van der Waals surface area contributed by atoms with Crippen LogP contribution >= 0.6 is 0 Å². The van der Waals surface area contributed by atoms with Gasteiger partial charge in [0, 0.05) is 6.42 Å². The summed E-state index contributed by atoms with van der Waals surface area (Å²) >= 11 is 0. The highest BCUT2D eigenvalue weighted by molar-refractivity contribution is 5.76. The van der Waals surface area contributed by atoms with E-state index >= 15 is 0 Å². The molecule has 0 heterocycles. The molecule has 0 spiro atoms. The Hall–Kier alpha value is -1.55. The van der Waals surface area contributed by atoms with Crippen LogP contribution < -0.4 is 5.32 Å². The molecule has 0 aliphatic heterocycles. The third kappa shape index (κ3) is 4.37. The van der Waals surface area contributed by atoms with Crippen molar-refractivity contribution in [3.05, 3.63) is 29.8 Å². The van der Waals surface area contributed by atoms with E-state index in [1.54, 1.807) is 18.2 Å². The van der Waals surface area contributed by atoms with Crippen LogP contribution in [0, 0.1) is 5.92 Å². The molecular formula is C14H21NO3. The van der Waals surface area contributed by atoms with Gasteiger partial charge in [0.2, 0.25) is 5.91 Å². The zero-order valence-electron chi connectivity index (χ0n) is 10.9. The first-order valence-corrected chi connectivity index (χ1v) is 6.21. The van der Waals surface area contributed by atoms with Gasteiger partial charge in [0.15, 0.2) is 0 Å². The summed E-state index contributed by atoms with van der Waals surface area (Å²) in [6.45, 7) is 3.84. The summed E-state index contributed by atoms with van der Waals surface area (Å²) in [5.41, 5.74) is 0.762. The topological polar surface area (TPSA) is 69.6 Å². The minimum atomic E-state index is -0.207. The molecular weight excluding hydrogens is 230 g/mol. The first kappa shape index (κ1) is 14.5. The highest BCUT2D eigenvalue weighted by atomic mass is 16.3. The fourth-order valence-electron chi connectivity index (χ4n) is 1.67. The van der Waals surface area contributed by atoms with Gasteiger partial charge in [-0.05, 0) is 24.0 Å². The Morgan fingerprint density at radius 2 is 2.00 bits per heavy atom. The van der Waals surface area contributed by atoms with Crippen LogP contribution in [-0.2, 0) is 11.2 Å². The molecule has 3 N–H and O–H groups in total. The van der Waals surface area contributed by atoms with Crippen molar-refractivity contribution in [1.29, 1.82) is 0 Å². The van der Waals surface area contributed by atoms with Crippen LogP contribution in [0.4, 0.5) is 0 Å². The van der Waals surface area contributed by atoms with Gasteiger partial charge in [-0.2, -0.15) is 0 Å². The lowest BCUT2D eigenvalue weighted by molar-refractivity contribution is -0.122. The molecule has 1 rings (SSSR count). The second-order valence-corrected chi connectivity index (χ2v) is 4.73. The van der Waals surface area contributed by atoms with E-state index in [2.05, 4.69) is 5.32 Å². The van der Waals surface area contributed by atoms with Crippen LogP contribution in [0.2, 0.25) is 0 Å². The van der Waals surface area contributed by atoms with Crippen LogP contribution in [-0.4, -0.2) is 28.8 Å². The van der Waals surface area contributed by atoms with E-state index in [4.69, 9.17) is 5.11 Å². The molecule has 0 aliphatic rings. The van der Waals surface area contributed by atoms with Crippen LogP contribution in [0.15, 0.2) is 24.3 Å². The van der Waals surface area contributed by atoms with Gasteiger partial charge in [-0.15, -0.1) is 0 Å². The number of benzene rings is 1. The molecule has 4 nitrogen and oxygen atoms in total. The number of phenolic OH excluding ortho intramolecular Hbond substituents is 1. The number of carbonyl (C=O) groups excluding carboxylic acids is 1. The number of para-hydroxylation sites is 1. The van der Waals surface area contributed by atoms with E-state index in [-0.39, 0.29) is 30.2 Å². The molecule has 1 atom stereocenters. The van der Waals surface area contributed by atoms with E-state index < -0.39 is 0 Å². The summed E-state index contributed by atoms with van der Waals surface area (Å²) in [6.07, 6.45) is 0.801. The number of carbonyl (C=O) groups is 1. The Kier molecular flexibility index (Phi) is 5.65. The lowest BCUT2D eigenvalue weighted by atomic mass is 10.0. The molecule has 4 heteroatoms. The van der Waals surface area contributed by atoms with Crippen molar-refractivity contribution < 1.29 is 15.0 Å². The van der Waals surface area contributed by atoms with Crippen LogP contribution in [0.3, 0.4) is 0 Å². The molecule has 0 saturated heterocycles. The number of phenols is 1. The lowest BCUT2D eigenvalue weighted by Crippen LogP contribution is -2.41. The summed E-state index contributed by atoms with van der Waals surface area (Å²) in [4.78, 5) is 11.7. The second kappa shape index (κ2) is 7.01. The average molecular weight is 251 g/mol. The van der Waals surface area contributed by atoms with Crippen molar-refractivity contribution in [2.24, 2.45) is 5.92 Å². The normalized spacial score (nSPS) is 12.4. The van der Waals surface area contributed by atoms with Gasteiger partial charge >= 0.3 is 0 Å². The number of nitrogens with one attached hydrogen (secondary N) is 1. The van der Waals surface area contributed by atoms with Crippen molar-refractivity contribution in [2.45, 2.75) is 32.7 Å². The molecule has 1 aromatic rings. The molecule has 0 aliphatic carbocycles. The van der Waals surface area contributed by atoms with Gasteiger partial charge in [0.05, 0.1) is 12.6 Å². The first-order chi connectivity index (χ1) is 8.54. The number of aliphatic hydroxyl groups is 1. The van der Waals surface area contributed by atoms with E-state index in [0.717, 1.165) is 5.56 Å². The second-order valence-electron chi connectivity index (χ2n) is 4.73. The zero-order valence-corrected chi connectivity index (χ0v) is 10.9. The van der Waals surface area contributed by atoms with Crippen LogP contribution in [0.5, 0.6) is 5.75 Å². The molecule has 1 amide bonds. The molecule has 0 radical (unpaired) electrons. The van der Waals surface area contributed by atoms with Gasteiger partial charge in [0.1, 0.15) is 5.75 Å². The fraction of sp³-hybridized carbons (Fsp3) is 0.500. The zero-order chi connectivity index (χ0) is 13.5. The molecule has 0 aromatic heterocycles. The van der Waals surface area contributed by atoms with Crippen LogP contribution in [0.1, 0.15) is 25.8 Å². The number of aliphatic hydroxyl groups excluding tert-OH is 1. The number of aromatic hydroxyl groups is 1. The number of aryl methyl sites for hydroxylation is 1. The summed E-state index contributed by atoms with van der Waals surface area (Å²) in [5, 5.41) is 21.5. The van der Waals surface area contributed by atoms with Gasteiger partial charge in [-0.25, -0.2) is 0 Å². The Balaban J connectivity index is 2.44. The number of hydrogen-bond donors (Lipinski definition) is 3. The first-order valence-electron chi connectivity index (χ1n) is 6.21. The highest BCUT2D eigenvalue weighted by Crippen LogP contribution is 2.17. The smallest absolute Gasteiger partial charge is 0.220 e. The summed E-state index contributed by atoms with van der Waals surface area (Å²) < 4.78 is 0. The molecule has 18 heavy (non-hydrogen) atoms. The van der Waals surface area contributed by atoms with Crippen molar-refractivity contribution in [1.82, 2.24) is 5.32 Å². The van der Waals surface area contributed by atoms with E-state index in [0.29, 0.717) is 12.8 Å². The van der Waals surface area contributed by atoms with Crippen LogP contribution in [0.25, 0.3) is 0 Å². The summed E-state index contributed by atoms with van der Waals surface area (Å²) in [7, 11) is 0. The van der Waals surface area contributed by atoms with E-state index in [9.17, 15) is 9.90 Å². The predicted molar refractivity (Wildman–Crippen MR) is 70.3 cm³/mol. The standard InChI is InChI=1S/C14H21NO3/c1-10(2)12(9-16)15-14(18)8-7-11-5-3-4-6-13(11)17/h3-6,10,12,16-17H,7-9H2,1-2H3,(H,15,18). The Morgan fingerprint density at radius 1 is 1.33 bits per heavy atom. The van der Waals surface area contributed by atoms with Gasteiger partial charge in [-0.1, -0.05) is 32.0 Å². The Morgan fingerprint density at radius 3 is 2.56 bits per heavy atom. The monoisotopic (exact) mass is 251 g/mol. The molecule has 0 saturated carbocycles. The molecule has 0 fully saturated rings. The number of hydrogen-bond acceptors (Lipinski definition) is 3. The van der Waals surface area contributed by atoms with Crippen molar-refractivity contribution in [3.8, 4) is 5.75 Å². The van der Waals surface area contributed by atoms with Gasteiger partial charge < -0.3 is 15.5 Å². The van der Waals surface area contributed by atoms with Crippen molar-refractivity contribution in [2.75, 3.05) is 6.61 Å². The Bertz CT molecular complexity index is 390. The molecule has 1 unspecified atom stereocenters. The number of amides is 1. The molecule has 0 bridgehead atoms. The molecule has 1 aromatic carbocycles. The summed E-state index contributed by atoms with van der Waals surface area (Å²) in [6, 6.07) is 6.78. The third-order valence-corrected chi connectivity index (χ3v) is 2.96. The maximum absolute atomic E-state index is 11.7. The minimum absolute atomic E-state index is 0.0556. The lowest BCUT2D eigenvalue weighted by Gasteiger charge is -2.19. The third-order valence-electron chi connectivity index (χ3n) is 2.96. The van der Waals surface area contributed by atoms with E-state index in [1.165, 1.54) is 0 Å². The maximum Gasteiger partial charge on any atom is 0.220 e. The summed E-state index contributed by atoms with van der Waals surface area (Å²) in [5.74, 6) is 0.308. The van der Waals surface area contributed by atoms with Crippen molar-refractivity contribution >= 4 is 5.91 Å². The maximum atomic E-state index is 11.7. The quantitative estimate of drug-likeness (QED) is 0.717. The molecule has 100 valence electrons. The predicted octanol–water partition coefficient (Wildman–Crippen LogP) is 1.46. The largest absolute Gasteiger partial charge is 0.508 e. The van der Waals surface area contributed by atoms with Gasteiger partial charge in [0.25, 0.3) is 0 Å².